The zero-order chi connectivity index (χ0) is 16.2. The second kappa shape index (κ2) is 7.25. The summed E-state index contributed by atoms with van der Waals surface area (Å²) in [5, 5.41) is 18.9. The molecule has 2 aromatic rings. The fourth-order valence-electron chi connectivity index (χ4n) is 2.27. The zero-order valence-electron chi connectivity index (χ0n) is 13.1. The van der Waals surface area contributed by atoms with Gasteiger partial charge in [-0.25, -0.2) is 0 Å². The van der Waals surface area contributed by atoms with Crippen LogP contribution in [0.1, 0.15) is 23.2 Å². The van der Waals surface area contributed by atoms with Crippen LogP contribution < -0.4 is 5.32 Å². The molecule has 1 amide bonds. The predicted octanol–water partition coefficient (Wildman–Crippen LogP) is 1.67. The third-order valence-corrected chi connectivity index (χ3v) is 4.56. The van der Waals surface area contributed by atoms with Crippen molar-refractivity contribution in [2.24, 2.45) is 13.0 Å². The number of aliphatic hydroxyl groups is 1. The van der Waals surface area contributed by atoms with Crippen LogP contribution in [-0.2, 0) is 11.8 Å². The van der Waals surface area contributed by atoms with Crippen molar-refractivity contribution < 1.29 is 14.6 Å². The molecule has 3 rings (SSSR count). The van der Waals surface area contributed by atoms with E-state index in [0.29, 0.717) is 23.8 Å². The van der Waals surface area contributed by atoms with Crippen LogP contribution >= 0.6 is 11.3 Å². The van der Waals surface area contributed by atoms with Gasteiger partial charge in [-0.1, -0.05) is 6.07 Å². The number of nitrogens with one attached hydrogen (secondary N) is 1. The molecule has 23 heavy (non-hydrogen) atoms. The van der Waals surface area contributed by atoms with Crippen molar-refractivity contribution >= 4 is 17.2 Å². The van der Waals surface area contributed by atoms with Crippen LogP contribution in [0.15, 0.2) is 23.7 Å². The number of thiophene rings is 1. The molecule has 0 spiro atoms. The number of nitrogens with zero attached hydrogens (tertiary/aromatic N) is 2. The van der Waals surface area contributed by atoms with Crippen LogP contribution in [-0.4, -0.2) is 46.7 Å². The Hall–Kier alpha value is -1.70. The number of hydrogen-bond acceptors (Lipinski definition) is 5. The van der Waals surface area contributed by atoms with Gasteiger partial charge in [0.05, 0.1) is 23.2 Å². The van der Waals surface area contributed by atoms with Crippen LogP contribution in [0.25, 0.3) is 10.6 Å². The van der Waals surface area contributed by atoms with Crippen molar-refractivity contribution in [3.63, 3.8) is 0 Å². The van der Waals surface area contributed by atoms with Gasteiger partial charge in [0.15, 0.2) is 0 Å². The molecule has 124 valence electrons. The summed E-state index contributed by atoms with van der Waals surface area (Å²) in [5.41, 5.74) is 1.18. The van der Waals surface area contributed by atoms with Gasteiger partial charge in [-0.15, -0.1) is 11.3 Å². The monoisotopic (exact) mass is 335 g/mol. The molecule has 0 aromatic carbocycles. The van der Waals surface area contributed by atoms with Gasteiger partial charge in [-0.2, -0.15) is 5.10 Å². The van der Waals surface area contributed by atoms with Gasteiger partial charge >= 0.3 is 0 Å². The van der Waals surface area contributed by atoms with Crippen molar-refractivity contribution in [3.8, 4) is 10.6 Å². The lowest BCUT2D eigenvalue weighted by molar-refractivity contribution is 0.0321. The molecular formula is C16H21N3O3S. The van der Waals surface area contributed by atoms with E-state index in [0.717, 1.165) is 4.88 Å². The molecule has 7 heteroatoms. The quantitative estimate of drug-likeness (QED) is 0.769. The number of rotatable bonds is 8. The van der Waals surface area contributed by atoms with E-state index in [2.05, 4.69) is 10.4 Å². The average molecular weight is 335 g/mol. The average Bonchev–Trinajstić information content (AvgIpc) is 3.03. The zero-order valence-corrected chi connectivity index (χ0v) is 13.9. The molecule has 0 radical (unpaired) electrons. The number of aryl methyl sites for hydroxylation is 1. The van der Waals surface area contributed by atoms with E-state index < -0.39 is 6.10 Å². The maximum atomic E-state index is 12.4. The minimum absolute atomic E-state index is 0.169. The summed E-state index contributed by atoms with van der Waals surface area (Å²) >= 11 is 1.54. The number of aromatic nitrogens is 2. The van der Waals surface area contributed by atoms with Crippen molar-refractivity contribution in [2.75, 3.05) is 19.8 Å². The third kappa shape index (κ3) is 4.40. The maximum absolute atomic E-state index is 12.4. The first-order valence-electron chi connectivity index (χ1n) is 7.75. The SMILES string of the molecule is Cn1cc(C(=O)NCC(O)COCC2CC2)c(-c2cccs2)n1. The minimum Gasteiger partial charge on any atom is -0.389 e. The normalized spacial score (nSPS) is 15.6. The van der Waals surface area contributed by atoms with Gasteiger partial charge in [-0.3, -0.25) is 9.48 Å². The summed E-state index contributed by atoms with van der Waals surface area (Å²) < 4.78 is 7.05. The van der Waals surface area contributed by atoms with Crippen LogP contribution in [0, 0.1) is 5.92 Å². The molecule has 2 aromatic heterocycles. The number of amides is 1. The van der Waals surface area contributed by atoms with E-state index in [-0.39, 0.29) is 19.1 Å². The Morgan fingerprint density at radius 1 is 1.61 bits per heavy atom. The lowest BCUT2D eigenvalue weighted by Crippen LogP contribution is -2.34. The van der Waals surface area contributed by atoms with Crippen molar-refractivity contribution in [2.45, 2.75) is 18.9 Å². The Balaban J connectivity index is 1.53. The van der Waals surface area contributed by atoms with Crippen LogP contribution in [0.4, 0.5) is 0 Å². The smallest absolute Gasteiger partial charge is 0.255 e. The Kier molecular flexibility index (Phi) is 5.09. The summed E-state index contributed by atoms with van der Waals surface area (Å²) in [5.74, 6) is 0.434. The molecule has 0 bridgehead atoms. The molecule has 1 aliphatic carbocycles. The third-order valence-electron chi connectivity index (χ3n) is 3.69. The van der Waals surface area contributed by atoms with E-state index in [1.165, 1.54) is 24.2 Å². The van der Waals surface area contributed by atoms with Crippen LogP contribution in [0.5, 0.6) is 0 Å². The van der Waals surface area contributed by atoms with Crippen molar-refractivity contribution in [1.29, 1.82) is 0 Å². The number of hydrogen-bond donors (Lipinski definition) is 2. The van der Waals surface area contributed by atoms with E-state index in [9.17, 15) is 9.90 Å². The lowest BCUT2D eigenvalue weighted by atomic mass is 10.2. The lowest BCUT2D eigenvalue weighted by Gasteiger charge is -2.12. The molecule has 2 heterocycles. The summed E-state index contributed by atoms with van der Waals surface area (Å²) in [6.07, 6.45) is 3.44. The fourth-order valence-corrected chi connectivity index (χ4v) is 2.99. The standard InChI is InChI=1S/C16H21N3O3S/c1-19-8-13(15(18-19)14-3-2-6-23-14)16(21)17-7-12(20)10-22-9-11-4-5-11/h2-3,6,8,11-12,20H,4-5,7,9-10H2,1H3,(H,17,21). The van der Waals surface area contributed by atoms with E-state index in [1.807, 2.05) is 17.5 Å². The second-order valence-electron chi connectivity index (χ2n) is 5.89. The summed E-state index contributed by atoms with van der Waals surface area (Å²) in [7, 11) is 1.79. The fraction of sp³-hybridized carbons (Fsp3) is 0.500. The van der Waals surface area contributed by atoms with E-state index in [4.69, 9.17) is 4.74 Å². The van der Waals surface area contributed by atoms with Crippen LogP contribution in [0.3, 0.4) is 0 Å². The van der Waals surface area contributed by atoms with Crippen molar-refractivity contribution in [1.82, 2.24) is 15.1 Å². The summed E-state index contributed by atoms with van der Waals surface area (Å²) in [4.78, 5) is 13.3. The highest BCUT2D eigenvalue weighted by molar-refractivity contribution is 7.13. The van der Waals surface area contributed by atoms with Gasteiger partial charge < -0.3 is 15.2 Å². The first-order chi connectivity index (χ1) is 11.1. The predicted molar refractivity (Wildman–Crippen MR) is 88.4 cm³/mol. The maximum Gasteiger partial charge on any atom is 0.255 e. The summed E-state index contributed by atoms with van der Waals surface area (Å²) in [6.45, 7) is 1.13. The highest BCUT2D eigenvalue weighted by Crippen LogP contribution is 2.28. The van der Waals surface area contributed by atoms with Crippen LogP contribution in [0.2, 0.25) is 0 Å². The molecule has 1 saturated carbocycles. The number of aliphatic hydroxyl groups excluding tert-OH is 1. The highest BCUT2D eigenvalue weighted by Gasteiger charge is 2.22. The van der Waals surface area contributed by atoms with Gasteiger partial charge in [-0.05, 0) is 30.2 Å². The van der Waals surface area contributed by atoms with Gasteiger partial charge in [0.25, 0.3) is 5.91 Å². The molecule has 2 N–H and O–H groups in total. The molecule has 1 aliphatic rings. The molecule has 0 saturated heterocycles. The molecule has 1 fully saturated rings. The number of carbonyl (C=O) groups is 1. The molecule has 0 aliphatic heterocycles. The van der Waals surface area contributed by atoms with E-state index in [1.54, 1.807) is 17.9 Å². The Morgan fingerprint density at radius 2 is 2.43 bits per heavy atom. The Labute approximate surface area is 139 Å². The number of carbonyl (C=O) groups excluding carboxylic acids is 1. The first kappa shape index (κ1) is 16.2. The second-order valence-corrected chi connectivity index (χ2v) is 6.83. The van der Waals surface area contributed by atoms with Gasteiger partial charge in [0, 0.05) is 26.4 Å². The molecule has 6 nitrogen and oxygen atoms in total. The Bertz CT molecular complexity index is 650. The summed E-state index contributed by atoms with van der Waals surface area (Å²) in [6, 6.07) is 3.86. The van der Waals surface area contributed by atoms with Gasteiger partial charge in [0.1, 0.15) is 5.69 Å². The molecule has 1 atom stereocenters. The largest absolute Gasteiger partial charge is 0.389 e. The Morgan fingerprint density at radius 3 is 3.13 bits per heavy atom. The molecular weight excluding hydrogens is 314 g/mol. The molecule has 1 unspecified atom stereocenters. The van der Waals surface area contributed by atoms with Gasteiger partial charge in [0.2, 0.25) is 0 Å². The minimum atomic E-state index is -0.695. The first-order valence-corrected chi connectivity index (χ1v) is 8.63. The van der Waals surface area contributed by atoms with Crippen molar-refractivity contribution in [3.05, 3.63) is 29.3 Å². The van der Waals surface area contributed by atoms with E-state index >= 15 is 0 Å². The number of ether oxygens (including phenoxy) is 1. The topological polar surface area (TPSA) is 76.4 Å². The highest BCUT2D eigenvalue weighted by atomic mass is 32.1.